The maximum absolute atomic E-state index is 9.90. The molecule has 1 aliphatic rings. The molecule has 0 aromatic carbocycles. The molecule has 0 amide bonds. The summed E-state index contributed by atoms with van der Waals surface area (Å²) < 4.78 is 0. The summed E-state index contributed by atoms with van der Waals surface area (Å²) in [6, 6.07) is 1.93. The number of aliphatic hydroxyl groups excluding tert-OH is 1. The number of aliphatic hydroxyl groups is 1. The van der Waals surface area contributed by atoms with E-state index in [1.54, 1.807) is 12.3 Å². The first-order valence-corrected chi connectivity index (χ1v) is 10.8. The van der Waals surface area contributed by atoms with E-state index in [-0.39, 0.29) is 23.2 Å². The molecule has 0 aliphatic carbocycles. The van der Waals surface area contributed by atoms with Gasteiger partial charge in [0.05, 0.1) is 17.3 Å². The lowest BCUT2D eigenvalue weighted by atomic mass is 9.75. The lowest BCUT2D eigenvalue weighted by molar-refractivity contribution is 0.204. The molecule has 2 aromatic heterocycles. The summed E-state index contributed by atoms with van der Waals surface area (Å²) in [6.45, 7) is 7.73. The molecule has 1 aliphatic heterocycles. The van der Waals surface area contributed by atoms with Crippen molar-refractivity contribution in [3.05, 3.63) is 33.8 Å². The summed E-state index contributed by atoms with van der Waals surface area (Å²) in [4.78, 5) is 16.3. The monoisotopic (exact) mass is 441 g/mol. The van der Waals surface area contributed by atoms with Gasteiger partial charge in [0.15, 0.2) is 5.82 Å². The standard InChI is InChI=1S/C19H25Cl2N5OS/c1-11-18(28-14-4-7-23-16(21)15(14)20)25-13(10-27)17(24-11)26-8-5-19(3,6-9-26)12(2)22/h4,7,12,27H,5-6,8-10,22H2,1-3H3/t12-/m0/s1. The van der Waals surface area contributed by atoms with Crippen LogP contribution in [-0.4, -0.2) is 39.2 Å². The minimum absolute atomic E-state index is 0.130. The van der Waals surface area contributed by atoms with Gasteiger partial charge in [-0.3, -0.25) is 0 Å². The predicted octanol–water partition coefficient (Wildman–Crippen LogP) is 4.08. The lowest BCUT2D eigenvalue weighted by Crippen LogP contribution is -2.47. The Bertz CT molecular complexity index is 856. The second-order valence-electron chi connectivity index (χ2n) is 7.49. The van der Waals surface area contributed by atoms with E-state index in [2.05, 4.69) is 28.7 Å². The zero-order valence-corrected chi connectivity index (χ0v) is 18.6. The fourth-order valence-electron chi connectivity index (χ4n) is 3.25. The summed E-state index contributed by atoms with van der Waals surface area (Å²) in [5, 5.41) is 11.2. The highest BCUT2D eigenvalue weighted by Gasteiger charge is 2.34. The maximum Gasteiger partial charge on any atom is 0.153 e. The molecule has 3 N–H and O–H groups in total. The number of nitrogens with two attached hydrogens (primary N) is 1. The van der Waals surface area contributed by atoms with Gasteiger partial charge in [0.1, 0.15) is 15.9 Å². The minimum Gasteiger partial charge on any atom is -0.390 e. The van der Waals surface area contributed by atoms with Crippen LogP contribution in [0.2, 0.25) is 10.2 Å². The van der Waals surface area contributed by atoms with Crippen LogP contribution in [0, 0.1) is 12.3 Å². The van der Waals surface area contributed by atoms with Crippen molar-refractivity contribution >= 4 is 40.8 Å². The zero-order chi connectivity index (χ0) is 20.5. The number of hydrogen-bond donors (Lipinski definition) is 2. The SMILES string of the molecule is Cc1nc(N2CCC(C)([C@H](C)N)CC2)c(CO)nc1Sc1ccnc(Cl)c1Cl. The smallest absolute Gasteiger partial charge is 0.153 e. The molecular formula is C19H25Cl2N5OS. The molecule has 3 rings (SSSR count). The number of aromatic nitrogens is 3. The molecular weight excluding hydrogens is 417 g/mol. The van der Waals surface area contributed by atoms with E-state index < -0.39 is 0 Å². The topological polar surface area (TPSA) is 88.2 Å². The van der Waals surface area contributed by atoms with Crippen LogP contribution in [0.3, 0.4) is 0 Å². The average Bonchev–Trinajstić information content (AvgIpc) is 2.67. The molecule has 0 saturated carbocycles. The summed E-state index contributed by atoms with van der Waals surface area (Å²) in [7, 11) is 0. The number of rotatable bonds is 5. The first kappa shape index (κ1) is 21.6. The van der Waals surface area contributed by atoms with E-state index >= 15 is 0 Å². The molecule has 0 unspecified atom stereocenters. The quantitative estimate of drug-likeness (QED) is 0.675. The Balaban J connectivity index is 1.85. The number of piperidine rings is 1. The molecule has 3 heterocycles. The highest BCUT2D eigenvalue weighted by molar-refractivity contribution is 7.99. The van der Waals surface area contributed by atoms with Gasteiger partial charge in [-0.15, -0.1) is 0 Å². The van der Waals surface area contributed by atoms with Gasteiger partial charge in [-0.2, -0.15) is 0 Å². The molecule has 0 bridgehead atoms. The van der Waals surface area contributed by atoms with Crippen LogP contribution >= 0.6 is 35.0 Å². The van der Waals surface area contributed by atoms with Gasteiger partial charge in [0, 0.05) is 30.2 Å². The third-order valence-electron chi connectivity index (χ3n) is 5.55. The summed E-state index contributed by atoms with van der Waals surface area (Å²) in [5.74, 6) is 0.745. The van der Waals surface area contributed by atoms with Crippen LogP contribution in [0.25, 0.3) is 0 Å². The van der Waals surface area contributed by atoms with Gasteiger partial charge in [-0.25, -0.2) is 15.0 Å². The molecule has 9 heteroatoms. The molecule has 0 spiro atoms. The van der Waals surface area contributed by atoms with Crippen LogP contribution in [0.4, 0.5) is 5.82 Å². The van der Waals surface area contributed by atoms with Crippen LogP contribution in [0.5, 0.6) is 0 Å². The summed E-state index contributed by atoms with van der Waals surface area (Å²) in [6.07, 6.45) is 3.57. The Kier molecular flexibility index (Phi) is 6.72. The Morgan fingerprint density at radius 1 is 1.32 bits per heavy atom. The van der Waals surface area contributed by atoms with Crippen LogP contribution in [0.15, 0.2) is 22.2 Å². The number of aryl methyl sites for hydroxylation is 1. The highest BCUT2D eigenvalue weighted by Crippen LogP contribution is 2.38. The number of pyridine rings is 1. The van der Waals surface area contributed by atoms with E-state index in [0.29, 0.717) is 15.7 Å². The van der Waals surface area contributed by atoms with E-state index in [1.807, 2.05) is 6.92 Å². The fourth-order valence-corrected chi connectivity index (χ4v) is 4.56. The predicted molar refractivity (Wildman–Crippen MR) is 114 cm³/mol. The van der Waals surface area contributed by atoms with Crippen molar-refractivity contribution in [2.24, 2.45) is 11.1 Å². The van der Waals surface area contributed by atoms with E-state index in [1.165, 1.54) is 11.8 Å². The molecule has 6 nitrogen and oxygen atoms in total. The molecule has 0 radical (unpaired) electrons. The Morgan fingerprint density at radius 2 is 2.00 bits per heavy atom. The van der Waals surface area contributed by atoms with Crippen molar-refractivity contribution in [1.29, 1.82) is 0 Å². The Hall–Kier alpha value is -1.12. The Labute approximate surface area is 179 Å². The van der Waals surface area contributed by atoms with E-state index in [9.17, 15) is 5.11 Å². The van der Waals surface area contributed by atoms with Crippen molar-refractivity contribution in [2.75, 3.05) is 18.0 Å². The summed E-state index contributed by atoms with van der Waals surface area (Å²) >= 11 is 13.6. The first-order valence-electron chi connectivity index (χ1n) is 9.22. The van der Waals surface area contributed by atoms with Gasteiger partial charge in [0.2, 0.25) is 0 Å². The van der Waals surface area contributed by atoms with E-state index in [4.69, 9.17) is 33.9 Å². The van der Waals surface area contributed by atoms with Crippen LogP contribution in [0.1, 0.15) is 38.1 Å². The minimum atomic E-state index is -0.179. The molecule has 28 heavy (non-hydrogen) atoms. The number of hydrogen-bond acceptors (Lipinski definition) is 7. The second-order valence-corrected chi connectivity index (χ2v) is 9.25. The molecule has 1 atom stereocenters. The number of halogens is 2. The Morgan fingerprint density at radius 3 is 2.61 bits per heavy atom. The van der Waals surface area contributed by atoms with Gasteiger partial charge in [-0.1, -0.05) is 41.9 Å². The van der Waals surface area contributed by atoms with Gasteiger partial charge < -0.3 is 15.7 Å². The van der Waals surface area contributed by atoms with Crippen molar-refractivity contribution in [2.45, 2.75) is 56.2 Å². The summed E-state index contributed by atoms with van der Waals surface area (Å²) in [5.41, 5.74) is 7.64. The second kappa shape index (κ2) is 8.71. The van der Waals surface area contributed by atoms with Gasteiger partial charge in [0.25, 0.3) is 0 Å². The highest BCUT2D eigenvalue weighted by atomic mass is 35.5. The molecule has 1 saturated heterocycles. The normalized spacial score (nSPS) is 17.6. The number of nitrogens with zero attached hydrogens (tertiary/aromatic N) is 4. The average molecular weight is 442 g/mol. The first-order chi connectivity index (χ1) is 13.2. The molecule has 152 valence electrons. The zero-order valence-electron chi connectivity index (χ0n) is 16.2. The van der Waals surface area contributed by atoms with Crippen molar-refractivity contribution < 1.29 is 5.11 Å². The van der Waals surface area contributed by atoms with Crippen molar-refractivity contribution in [3.63, 3.8) is 0 Å². The largest absolute Gasteiger partial charge is 0.390 e. The fraction of sp³-hybridized carbons (Fsp3) is 0.526. The van der Waals surface area contributed by atoms with Gasteiger partial charge in [-0.05, 0) is 38.2 Å². The van der Waals surface area contributed by atoms with Crippen molar-refractivity contribution in [3.8, 4) is 0 Å². The lowest BCUT2D eigenvalue weighted by Gasteiger charge is -2.42. The van der Waals surface area contributed by atoms with Gasteiger partial charge >= 0.3 is 0 Å². The molecule has 1 fully saturated rings. The van der Waals surface area contributed by atoms with E-state index in [0.717, 1.165) is 42.3 Å². The third-order valence-corrected chi connectivity index (χ3v) is 7.57. The third kappa shape index (κ3) is 4.39. The number of anilines is 1. The molecule has 2 aromatic rings. The van der Waals surface area contributed by atoms with Crippen LogP contribution < -0.4 is 10.6 Å². The van der Waals surface area contributed by atoms with Crippen molar-refractivity contribution in [1.82, 2.24) is 15.0 Å². The maximum atomic E-state index is 9.90. The van der Waals surface area contributed by atoms with Crippen LogP contribution in [-0.2, 0) is 6.61 Å².